The lowest BCUT2D eigenvalue weighted by Gasteiger charge is -2.24. The van der Waals surface area contributed by atoms with E-state index < -0.39 is 30.0 Å². The second kappa shape index (κ2) is 21.1. The summed E-state index contributed by atoms with van der Waals surface area (Å²) in [6, 6.07) is 7.50. The van der Waals surface area contributed by atoms with Crippen molar-refractivity contribution in [3.05, 3.63) is 79.9 Å². The van der Waals surface area contributed by atoms with Gasteiger partial charge in [0, 0.05) is 60.2 Å². The van der Waals surface area contributed by atoms with E-state index in [0.29, 0.717) is 37.1 Å². The lowest BCUT2D eigenvalue weighted by Crippen LogP contribution is -2.38. The van der Waals surface area contributed by atoms with Crippen molar-refractivity contribution in [3.63, 3.8) is 0 Å². The summed E-state index contributed by atoms with van der Waals surface area (Å²) in [6.07, 6.45) is 8.59. The molecule has 67 heavy (non-hydrogen) atoms. The summed E-state index contributed by atoms with van der Waals surface area (Å²) in [5.41, 5.74) is 4.65. The molecule has 20 heteroatoms. The quantitative estimate of drug-likeness (QED) is 0.0551. The van der Waals surface area contributed by atoms with E-state index in [1.807, 2.05) is 69.0 Å². The van der Waals surface area contributed by atoms with Gasteiger partial charge in [-0.15, -0.1) is 22.7 Å². The minimum Gasteiger partial charge on any atom is -0.390 e. The van der Waals surface area contributed by atoms with Crippen LogP contribution in [0, 0.1) is 11.8 Å². The summed E-state index contributed by atoms with van der Waals surface area (Å²) in [7, 11) is 0. The average Bonchev–Trinajstić information content (AvgIpc) is 4.19. The van der Waals surface area contributed by atoms with Crippen LogP contribution in [-0.4, -0.2) is 106 Å². The Morgan fingerprint density at radius 1 is 0.716 bits per heavy atom. The SMILES string of the molecule is CCNC(=O)[C@H]1C[C@@H](n2cnc3c(N[C@H](CC)Cc4sccc4Cl)ccnc32)[C@@H]2OC(C)(C)O[C@@H]21.CCNC(=O)[C@H]1C[C@@H](n2cnc3c(N[C@H](CC)Cc4sccc4Cl)ccnc32)[C@H](O)[C@@H]1O. The number of aliphatic hydroxyl groups excluding tert-OH is 2. The first-order valence-electron chi connectivity index (χ1n) is 23.1. The van der Waals surface area contributed by atoms with Gasteiger partial charge in [0.15, 0.2) is 17.1 Å². The molecule has 9 rings (SSSR count). The van der Waals surface area contributed by atoms with E-state index in [-0.39, 0.29) is 48.1 Å². The summed E-state index contributed by atoms with van der Waals surface area (Å²) in [5, 5.41) is 39.6. The number of fused-ring (bicyclic) bond motifs is 3. The first-order chi connectivity index (χ1) is 32.2. The zero-order valence-electron chi connectivity index (χ0n) is 38.5. The number of aliphatic hydroxyl groups is 2. The maximum atomic E-state index is 12.8. The predicted octanol–water partition coefficient (Wildman–Crippen LogP) is 7.79. The zero-order valence-corrected chi connectivity index (χ0v) is 41.6. The molecule has 6 N–H and O–H groups in total. The number of nitrogens with one attached hydrogen (secondary N) is 4. The van der Waals surface area contributed by atoms with Crippen molar-refractivity contribution in [1.29, 1.82) is 0 Å². The van der Waals surface area contributed by atoms with Gasteiger partial charge in [-0.25, -0.2) is 19.9 Å². The molecule has 360 valence electrons. The molecule has 0 aromatic carbocycles. The van der Waals surface area contributed by atoms with Crippen molar-refractivity contribution in [2.24, 2.45) is 11.8 Å². The van der Waals surface area contributed by atoms with Crippen molar-refractivity contribution < 1.29 is 29.3 Å². The molecule has 0 bridgehead atoms. The highest BCUT2D eigenvalue weighted by Gasteiger charge is 2.57. The number of carbonyl (C=O) groups is 2. The Bertz CT molecular complexity index is 2650. The van der Waals surface area contributed by atoms with Crippen molar-refractivity contribution in [2.75, 3.05) is 23.7 Å². The summed E-state index contributed by atoms with van der Waals surface area (Å²) in [4.78, 5) is 45.9. The van der Waals surface area contributed by atoms with Gasteiger partial charge in [-0.3, -0.25) is 9.59 Å². The van der Waals surface area contributed by atoms with Crippen LogP contribution in [-0.2, 0) is 31.9 Å². The topological polar surface area (TPSA) is 203 Å². The van der Waals surface area contributed by atoms with Gasteiger partial charge in [0.1, 0.15) is 29.3 Å². The van der Waals surface area contributed by atoms with Gasteiger partial charge in [-0.1, -0.05) is 37.0 Å². The van der Waals surface area contributed by atoms with Crippen molar-refractivity contribution in [3.8, 4) is 0 Å². The van der Waals surface area contributed by atoms with Gasteiger partial charge in [0.25, 0.3) is 0 Å². The minimum absolute atomic E-state index is 0.00376. The summed E-state index contributed by atoms with van der Waals surface area (Å²) in [5.74, 6) is -1.95. The van der Waals surface area contributed by atoms with Crippen LogP contribution >= 0.6 is 45.9 Å². The molecule has 1 saturated heterocycles. The monoisotopic (exact) mass is 994 g/mol. The number of imidazole rings is 2. The molecule has 2 saturated carbocycles. The Kier molecular flexibility index (Phi) is 15.4. The van der Waals surface area contributed by atoms with E-state index in [1.165, 1.54) is 4.88 Å². The van der Waals surface area contributed by atoms with Gasteiger partial charge in [-0.05, 0) is 88.4 Å². The molecule has 2 aliphatic carbocycles. The number of amides is 2. The fraction of sp³-hybridized carbons (Fsp3) is 0.532. The highest BCUT2D eigenvalue weighted by atomic mass is 35.5. The lowest BCUT2D eigenvalue weighted by atomic mass is 10.0. The van der Waals surface area contributed by atoms with Crippen LogP contribution in [0.3, 0.4) is 0 Å². The number of rotatable bonds is 16. The smallest absolute Gasteiger partial charge is 0.225 e. The van der Waals surface area contributed by atoms with Crippen LogP contribution in [0.2, 0.25) is 10.0 Å². The van der Waals surface area contributed by atoms with E-state index >= 15 is 0 Å². The largest absolute Gasteiger partial charge is 0.390 e. The fourth-order valence-electron chi connectivity index (χ4n) is 9.65. The molecular formula is C47H60Cl2N10O6S2. The van der Waals surface area contributed by atoms with Crippen LogP contribution in [0.5, 0.6) is 0 Å². The van der Waals surface area contributed by atoms with Crippen LogP contribution in [0.1, 0.15) is 89.1 Å². The minimum atomic E-state index is -1.13. The van der Waals surface area contributed by atoms with Crippen LogP contribution < -0.4 is 21.3 Å². The highest BCUT2D eigenvalue weighted by molar-refractivity contribution is 7.10. The third kappa shape index (κ3) is 10.3. The van der Waals surface area contributed by atoms with Crippen molar-refractivity contribution in [2.45, 2.75) is 134 Å². The highest BCUT2D eigenvalue weighted by Crippen LogP contribution is 2.48. The second-order valence-corrected chi connectivity index (χ2v) is 20.6. The average molecular weight is 996 g/mol. The predicted molar refractivity (Wildman–Crippen MR) is 264 cm³/mol. The third-order valence-electron chi connectivity index (χ3n) is 13.0. The van der Waals surface area contributed by atoms with Gasteiger partial charge >= 0.3 is 0 Å². The molecule has 7 heterocycles. The van der Waals surface area contributed by atoms with E-state index in [4.69, 9.17) is 37.7 Å². The fourth-order valence-corrected chi connectivity index (χ4v) is 12.0. The number of pyridine rings is 2. The molecule has 10 atom stereocenters. The van der Waals surface area contributed by atoms with E-state index in [0.717, 1.165) is 63.1 Å². The van der Waals surface area contributed by atoms with Gasteiger partial charge in [0.05, 0.1) is 64.1 Å². The van der Waals surface area contributed by atoms with Crippen molar-refractivity contribution >= 4 is 91.4 Å². The standard InChI is InChI=1S/C25H32ClN5O3S.C22H28ClN5O3S/c1-5-14(11-19-16(26)8-10-35-19)30-17-7-9-28-23-20(17)29-13-31(23)18-12-15(24(32)27-6-2)21-22(18)34-25(3,4)33-21;1-3-12(9-17-14(23)6-8-32-17)27-15-5-7-25-21-18(15)26-11-28(21)16-10-13(19(29)20(16)30)22(31)24-4-2/h7-10,13-15,18,21-22H,5-6,11-12H2,1-4H3,(H,27,32)(H,28,30);5-8,11-13,16,19-20,29-30H,3-4,9-10H2,1-2H3,(H,24,31)(H,25,27)/t14-,15+,18-,21-,22+;12-,13+,16-,19-,20+/m11/s1. The van der Waals surface area contributed by atoms with Gasteiger partial charge in [0.2, 0.25) is 11.8 Å². The third-order valence-corrected chi connectivity index (χ3v) is 15.9. The van der Waals surface area contributed by atoms with Crippen LogP contribution in [0.25, 0.3) is 22.3 Å². The number of thiophene rings is 2. The van der Waals surface area contributed by atoms with Crippen molar-refractivity contribution in [1.82, 2.24) is 39.7 Å². The number of halogens is 2. The molecule has 1 aliphatic heterocycles. The van der Waals surface area contributed by atoms with Crippen LogP contribution in [0.4, 0.5) is 11.4 Å². The van der Waals surface area contributed by atoms with Gasteiger partial charge < -0.3 is 50.1 Å². The first-order valence-corrected chi connectivity index (χ1v) is 25.6. The Morgan fingerprint density at radius 3 is 1.67 bits per heavy atom. The second-order valence-electron chi connectivity index (χ2n) is 17.8. The summed E-state index contributed by atoms with van der Waals surface area (Å²) < 4.78 is 16.3. The molecule has 2 amide bonds. The number of anilines is 2. The molecule has 0 unspecified atom stereocenters. The molecule has 6 aromatic heterocycles. The molecule has 0 radical (unpaired) electrons. The molecule has 0 spiro atoms. The van der Waals surface area contributed by atoms with E-state index in [2.05, 4.69) is 54.6 Å². The van der Waals surface area contributed by atoms with E-state index in [9.17, 15) is 19.8 Å². The number of ether oxygens (including phenoxy) is 2. The summed E-state index contributed by atoms with van der Waals surface area (Å²) in [6.45, 7) is 12.9. The number of hydrogen-bond acceptors (Lipinski definition) is 14. The zero-order chi connectivity index (χ0) is 47.6. The Labute approximate surface area is 408 Å². The van der Waals surface area contributed by atoms with E-state index in [1.54, 1.807) is 46.0 Å². The molecule has 6 aromatic rings. The molecular weight excluding hydrogens is 936 g/mol. The molecule has 3 aliphatic rings. The Morgan fingerprint density at radius 2 is 1.19 bits per heavy atom. The maximum absolute atomic E-state index is 12.8. The Balaban J connectivity index is 0.000000182. The maximum Gasteiger partial charge on any atom is 0.225 e. The molecule has 3 fully saturated rings. The summed E-state index contributed by atoms with van der Waals surface area (Å²) >= 11 is 15.9. The van der Waals surface area contributed by atoms with Crippen LogP contribution in [0.15, 0.2) is 60.1 Å². The normalized spacial score (nSPS) is 25.1. The number of hydrogen-bond donors (Lipinski definition) is 6. The lowest BCUT2D eigenvalue weighted by molar-refractivity contribution is -0.163. The Hall–Kier alpha value is -4.40. The number of nitrogens with zero attached hydrogens (tertiary/aromatic N) is 6. The molecule has 16 nitrogen and oxygen atoms in total. The van der Waals surface area contributed by atoms with Gasteiger partial charge in [-0.2, -0.15) is 0 Å². The number of aromatic nitrogens is 6. The number of carbonyl (C=O) groups excluding carboxylic acids is 2. The first kappa shape index (κ1) is 49.0.